The highest BCUT2D eigenvalue weighted by molar-refractivity contribution is 5.91. The second-order valence-electron chi connectivity index (χ2n) is 3.23. The number of hydrogen-bond donors (Lipinski definition) is 1. The van der Waals surface area contributed by atoms with Crippen molar-refractivity contribution in [3.8, 4) is 11.7 Å². The van der Waals surface area contributed by atoms with Gasteiger partial charge >= 0.3 is 0 Å². The van der Waals surface area contributed by atoms with Crippen LogP contribution < -0.4 is 0 Å². The van der Waals surface area contributed by atoms with Gasteiger partial charge in [-0.15, -0.1) is 10.2 Å². The molecule has 3 rings (SSSR count). The Morgan fingerprint density at radius 3 is 2.62 bits per heavy atom. The molecule has 0 saturated carbocycles. The normalized spacial score (nSPS) is 10.8. The number of fused-ring (bicyclic) bond motifs is 1. The van der Waals surface area contributed by atoms with Gasteiger partial charge in [0.2, 0.25) is 5.88 Å². The minimum Gasteiger partial charge on any atom is -0.492 e. The van der Waals surface area contributed by atoms with Crippen molar-refractivity contribution < 1.29 is 5.11 Å². The molecular weight excluding hydrogens is 206 g/mol. The number of benzene rings is 1. The molecule has 0 amide bonds. The lowest BCUT2D eigenvalue weighted by molar-refractivity contribution is 0.451. The zero-order chi connectivity index (χ0) is 11.0. The topological polar surface area (TPSA) is 76.7 Å². The molecule has 16 heavy (non-hydrogen) atoms. The van der Waals surface area contributed by atoms with E-state index in [9.17, 15) is 5.11 Å². The Morgan fingerprint density at radius 1 is 1.06 bits per heavy atom. The fraction of sp³-hybridized carbons (Fsp3) is 0. The van der Waals surface area contributed by atoms with E-state index in [2.05, 4.69) is 20.3 Å². The molecule has 0 atom stereocenters. The molecule has 0 spiro atoms. The minimum atomic E-state index is -0.0838. The van der Waals surface area contributed by atoms with Crippen molar-refractivity contribution in [3.05, 3.63) is 36.9 Å². The van der Waals surface area contributed by atoms with Crippen LogP contribution in [0.5, 0.6) is 5.88 Å². The van der Waals surface area contributed by atoms with E-state index in [4.69, 9.17) is 0 Å². The summed E-state index contributed by atoms with van der Waals surface area (Å²) < 4.78 is 1.51. The Hall–Kier alpha value is -2.50. The smallest absolute Gasteiger partial charge is 0.239 e. The van der Waals surface area contributed by atoms with Crippen LogP contribution in [0.25, 0.3) is 16.6 Å². The summed E-state index contributed by atoms with van der Waals surface area (Å²) in [5.41, 5.74) is 0. The van der Waals surface area contributed by atoms with Gasteiger partial charge in [-0.1, -0.05) is 18.2 Å². The van der Waals surface area contributed by atoms with Crippen LogP contribution in [-0.2, 0) is 0 Å². The molecule has 2 heterocycles. The maximum Gasteiger partial charge on any atom is 0.239 e. The molecule has 0 bridgehead atoms. The molecule has 0 aliphatic carbocycles. The van der Waals surface area contributed by atoms with E-state index in [0.717, 1.165) is 5.39 Å². The van der Waals surface area contributed by atoms with Crippen molar-refractivity contribution >= 4 is 10.8 Å². The molecule has 6 heteroatoms. The van der Waals surface area contributed by atoms with Gasteiger partial charge in [0.15, 0.2) is 5.82 Å². The molecule has 0 unspecified atom stereocenters. The molecule has 1 aromatic carbocycles. The van der Waals surface area contributed by atoms with Crippen LogP contribution >= 0.6 is 0 Å². The maximum absolute atomic E-state index is 9.57. The second-order valence-corrected chi connectivity index (χ2v) is 3.23. The standard InChI is InChI=1S/C10H7N5O/c16-10-8-4-2-1-3-7(8)9(13-14-10)15-6-11-5-12-15/h1-6H,(H,14,16). The third-order valence-electron chi connectivity index (χ3n) is 2.28. The zero-order valence-corrected chi connectivity index (χ0v) is 8.15. The summed E-state index contributed by atoms with van der Waals surface area (Å²) in [6.07, 6.45) is 2.96. The monoisotopic (exact) mass is 213 g/mol. The first kappa shape index (κ1) is 8.78. The first-order chi connectivity index (χ1) is 7.86. The number of nitrogens with zero attached hydrogens (tertiary/aromatic N) is 5. The predicted molar refractivity (Wildman–Crippen MR) is 56.1 cm³/mol. The van der Waals surface area contributed by atoms with Gasteiger partial charge < -0.3 is 5.11 Å². The molecule has 2 aromatic heterocycles. The van der Waals surface area contributed by atoms with Crippen molar-refractivity contribution in [1.82, 2.24) is 25.0 Å². The van der Waals surface area contributed by atoms with E-state index in [0.29, 0.717) is 11.2 Å². The molecule has 0 fully saturated rings. The van der Waals surface area contributed by atoms with E-state index >= 15 is 0 Å². The molecule has 0 radical (unpaired) electrons. The summed E-state index contributed by atoms with van der Waals surface area (Å²) in [6.45, 7) is 0. The van der Waals surface area contributed by atoms with E-state index in [1.54, 1.807) is 6.07 Å². The molecule has 0 aliphatic heterocycles. The van der Waals surface area contributed by atoms with Gasteiger partial charge in [0.25, 0.3) is 0 Å². The SMILES string of the molecule is Oc1nnc(-n2cncn2)c2ccccc12. The second kappa shape index (κ2) is 3.27. The first-order valence-electron chi connectivity index (χ1n) is 4.65. The summed E-state index contributed by atoms with van der Waals surface area (Å²) >= 11 is 0. The Labute approximate surface area is 90.2 Å². The number of aromatic hydroxyl groups is 1. The van der Waals surface area contributed by atoms with Gasteiger partial charge in [0, 0.05) is 10.8 Å². The Bertz CT molecular complexity index is 635. The van der Waals surface area contributed by atoms with Crippen molar-refractivity contribution in [2.45, 2.75) is 0 Å². The number of rotatable bonds is 1. The van der Waals surface area contributed by atoms with E-state index in [1.807, 2.05) is 18.2 Å². The van der Waals surface area contributed by atoms with Crippen LogP contribution in [0.15, 0.2) is 36.9 Å². The summed E-state index contributed by atoms with van der Waals surface area (Å²) in [7, 11) is 0. The van der Waals surface area contributed by atoms with Gasteiger partial charge in [0.1, 0.15) is 12.7 Å². The van der Waals surface area contributed by atoms with Crippen LogP contribution in [0.3, 0.4) is 0 Å². The van der Waals surface area contributed by atoms with E-state index < -0.39 is 0 Å². The van der Waals surface area contributed by atoms with E-state index in [-0.39, 0.29) is 5.88 Å². The third-order valence-corrected chi connectivity index (χ3v) is 2.28. The molecule has 3 aromatic rings. The fourth-order valence-corrected chi connectivity index (χ4v) is 1.56. The molecule has 0 aliphatic rings. The summed E-state index contributed by atoms with van der Waals surface area (Å²) in [5, 5.41) is 22.6. The lowest BCUT2D eigenvalue weighted by Gasteiger charge is -2.04. The van der Waals surface area contributed by atoms with Crippen molar-refractivity contribution in [3.63, 3.8) is 0 Å². The average Bonchev–Trinajstić information content (AvgIpc) is 2.83. The van der Waals surface area contributed by atoms with Gasteiger partial charge in [-0.2, -0.15) is 5.10 Å². The van der Waals surface area contributed by atoms with Gasteiger partial charge in [-0.05, 0) is 6.07 Å². The Kier molecular flexibility index (Phi) is 1.79. The Morgan fingerprint density at radius 2 is 1.88 bits per heavy atom. The van der Waals surface area contributed by atoms with E-state index in [1.165, 1.54) is 17.3 Å². The highest BCUT2D eigenvalue weighted by Crippen LogP contribution is 2.24. The van der Waals surface area contributed by atoms with Crippen LogP contribution in [0.2, 0.25) is 0 Å². The highest BCUT2D eigenvalue weighted by atomic mass is 16.3. The molecular formula is C10H7N5O. The molecule has 0 saturated heterocycles. The zero-order valence-electron chi connectivity index (χ0n) is 8.15. The Balaban J connectivity index is 2.39. The summed E-state index contributed by atoms with van der Waals surface area (Å²) in [6, 6.07) is 7.32. The first-order valence-corrected chi connectivity index (χ1v) is 4.65. The van der Waals surface area contributed by atoms with Crippen molar-refractivity contribution in [1.29, 1.82) is 0 Å². The third kappa shape index (κ3) is 1.20. The van der Waals surface area contributed by atoms with Crippen LogP contribution in [0, 0.1) is 0 Å². The maximum atomic E-state index is 9.57. The largest absolute Gasteiger partial charge is 0.492 e. The van der Waals surface area contributed by atoms with Crippen LogP contribution in [0.4, 0.5) is 0 Å². The quantitative estimate of drug-likeness (QED) is 0.650. The van der Waals surface area contributed by atoms with Gasteiger partial charge in [-0.25, -0.2) is 9.67 Å². The predicted octanol–water partition coefficient (Wildman–Crippen LogP) is 0.916. The molecule has 6 nitrogen and oxygen atoms in total. The molecule has 1 N–H and O–H groups in total. The van der Waals surface area contributed by atoms with Crippen LogP contribution in [0.1, 0.15) is 0 Å². The van der Waals surface area contributed by atoms with Gasteiger partial charge in [-0.3, -0.25) is 0 Å². The van der Waals surface area contributed by atoms with Crippen molar-refractivity contribution in [2.75, 3.05) is 0 Å². The van der Waals surface area contributed by atoms with Crippen molar-refractivity contribution in [2.24, 2.45) is 0 Å². The summed E-state index contributed by atoms with van der Waals surface area (Å²) in [4.78, 5) is 3.85. The fourth-order valence-electron chi connectivity index (χ4n) is 1.56. The number of aromatic nitrogens is 5. The van der Waals surface area contributed by atoms with Crippen LogP contribution in [-0.4, -0.2) is 30.1 Å². The minimum absolute atomic E-state index is 0.0838. The number of hydrogen-bond acceptors (Lipinski definition) is 5. The average molecular weight is 213 g/mol. The molecule has 78 valence electrons. The lowest BCUT2D eigenvalue weighted by atomic mass is 10.2. The summed E-state index contributed by atoms with van der Waals surface area (Å²) in [5.74, 6) is 0.463. The lowest BCUT2D eigenvalue weighted by Crippen LogP contribution is -2.01. The highest BCUT2D eigenvalue weighted by Gasteiger charge is 2.09. The van der Waals surface area contributed by atoms with Gasteiger partial charge in [0.05, 0.1) is 0 Å².